The van der Waals surface area contributed by atoms with E-state index in [4.69, 9.17) is 5.73 Å². The zero-order valence-electron chi connectivity index (χ0n) is 10.4. The lowest BCUT2D eigenvalue weighted by molar-refractivity contribution is -0.137. The van der Waals surface area contributed by atoms with Gasteiger partial charge in [0.1, 0.15) is 11.6 Å². The van der Waals surface area contributed by atoms with Crippen molar-refractivity contribution >= 4 is 5.91 Å². The summed E-state index contributed by atoms with van der Waals surface area (Å²) in [5, 5.41) is 9.44. The normalized spacial score (nSPS) is 11.4. The van der Waals surface area contributed by atoms with Crippen LogP contribution in [0.15, 0.2) is 36.4 Å². The zero-order valence-corrected chi connectivity index (χ0v) is 10.4. The maximum Gasteiger partial charge on any atom is 0.416 e. The number of carbonyl (C=O) groups is 1. The van der Waals surface area contributed by atoms with E-state index < -0.39 is 29.2 Å². The van der Waals surface area contributed by atoms with Crippen molar-refractivity contribution in [1.29, 1.82) is 0 Å². The molecule has 2 aromatic rings. The van der Waals surface area contributed by atoms with E-state index >= 15 is 0 Å². The average Bonchev–Trinajstić information content (AvgIpc) is 2.37. The van der Waals surface area contributed by atoms with Crippen molar-refractivity contribution < 1.29 is 27.5 Å². The minimum atomic E-state index is -4.69. The summed E-state index contributed by atoms with van der Waals surface area (Å²) in [7, 11) is 0. The molecule has 2 aromatic carbocycles. The second kappa shape index (κ2) is 5.08. The number of aromatic hydroxyl groups is 1. The SMILES string of the molecule is NC(=O)c1cc(-c2cc(F)cc(C(F)(F)F)c2)ccc1O. The lowest BCUT2D eigenvalue weighted by Gasteiger charge is -2.10. The highest BCUT2D eigenvalue weighted by molar-refractivity contribution is 5.96. The maximum absolute atomic E-state index is 13.3. The highest BCUT2D eigenvalue weighted by Gasteiger charge is 2.31. The number of hydrogen-bond acceptors (Lipinski definition) is 2. The molecular weight excluding hydrogens is 290 g/mol. The largest absolute Gasteiger partial charge is 0.507 e. The van der Waals surface area contributed by atoms with Crippen molar-refractivity contribution in [2.75, 3.05) is 0 Å². The summed E-state index contributed by atoms with van der Waals surface area (Å²) < 4.78 is 51.3. The van der Waals surface area contributed by atoms with E-state index in [1.165, 1.54) is 6.07 Å². The quantitative estimate of drug-likeness (QED) is 0.836. The van der Waals surface area contributed by atoms with Gasteiger partial charge >= 0.3 is 6.18 Å². The monoisotopic (exact) mass is 299 g/mol. The molecule has 0 unspecified atom stereocenters. The number of hydrogen-bond donors (Lipinski definition) is 2. The molecule has 0 bridgehead atoms. The summed E-state index contributed by atoms with van der Waals surface area (Å²) in [6.07, 6.45) is -4.69. The van der Waals surface area contributed by atoms with Crippen LogP contribution in [0, 0.1) is 5.82 Å². The number of primary amides is 1. The Morgan fingerprint density at radius 3 is 2.29 bits per heavy atom. The number of alkyl halides is 3. The number of rotatable bonds is 2. The van der Waals surface area contributed by atoms with E-state index in [-0.39, 0.29) is 16.7 Å². The fraction of sp³-hybridized carbons (Fsp3) is 0.0714. The molecule has 2 rings (SSSR count). The van der Waals surface area contributed by atoms with Gasteiger partial charge in [-0.15, -0.1) is 0 Å². The molecule has 0 aromatic heterocycles. The third kappa shape index (κ3) is 3.13. The van der Waals surface area contributed by atoms with Crippen molar-refractivity contribution in [3.63, 3.8) is 0 Å². The highest BCUT2D eigenvalue weighted by atomic mass is 19.4. The molecule has 3 N–H and O–H groups in total. The van der Waals surface area contributed by atoms with Crippen molar-refractivity contribution in [2.24, 2.45) is 5.73 Å². The Hall–Kier alpha value is -2.57. The molecule has 1 amide bonds. The number of amides is 1. The first kappa shape index (κ1) is 14.8. The molecule has 0 heterocycles. The van der Waals surface area contributed by atoms with Crippen LogP contribution in [0.2, 0.25) is 0 Å². The second-order valence-electron chi connectivity index (χ2n) is 4.32. The number of halogens is 4. The van der Waals surface area contributed by atoms with Crippen LogP contribution in [0.1, 0.15) is 15.9 Å². The van der Waals surface area contributed by atoms with Crippen LogP contribution in [-0.4, -0.2) is 11.0 Å². The summed E-state index contributed by atoms with van der Waals surface area (Å²) in [4.78, 5) is 11.1. The van der Waals surface area contributed by atoms with Crippen LogP contribution in [-0.2, 0) is 6.18 Å². The fourth-order valence-electron chi connectivity index (χ4n) is 1.83. The van der Waals surface area contributed by atoms with Gasteiger partial charge in [-0.1, -0.05) is 6.07 Å². The van der Waals surface area contributed by atoms with E-state index in [0.29, 0.717) is 6.07 Å². The van der Waals surface area contributed by atoms with Gasteiger partial charge in [-0.2, -0.15) is 13.2 Å². The van der Waals surface area contributed by atoms with E-state index in [1.54, 1.807) is 0 Å². The van der Waals surface area contributed by atoms with Gasteiger partial charge < -0.3 is 10.8 Å². The van der Waals surface area contributed by atoms with Crippen molar-refractivity contribution in [1.82, 2.24) is 0 Å². The second-order valence-corrected chi connectivity index (χ2v) is 4.32. The molecule has 21 heavy (non-hydrogen) atoms. The molecular formula is C14H9F4NO2. The Balaban J connectivity index is 2.59. The molecule has 110 valence electrons. The highest BCUT2D eigenvalue weighted by Crippen LogP contribution is 2.34. The topological polar surface area (TPSA) is 63.3 Å². The lowest BCUT2D eigenvalue weighted by Crippen LogP contribution is -2.11. The minimum absolute atomic E-state index is 0.0789. The van der Waals surface area contributed by atoms with E-state index in [1.807, 2.05) is 0 Å². The van der Waals surface area contributed by atoms with E-state index in [2.05, 4.69) is 0 Å². The number of benzene rings is 2. The third-order valence-electron chi connectivity index (χ3n) is 2.82. The zero-order chi connectivity index (χ0) is 15.8. The number of carbonyl (C=O) groups excluding carboxylic acids is 1. The Bertz CT molecular complexity index is 711. The maximum atomic E-state index is 13.3. The first-order chi connectivity index (χ1) is 9.68. The van der Waals surface area contributed by atoms with Gasteiger partial charge in [-0.05, 0) is 41.5 Å². The van der Waals surface area contributed by atoms with Crippen LogP contribution >= 0.6 is 0 Å². The molecule has 0 aliphatic heterocycles. The smallest absolute Gasteiger partial charge is 0.416 e. The molecule has 7 heteroatoms. The van der Waals surface area contributed by atoms with Crippen molar-refractivity contribution in [3.05, 3.63) is 53.3 Å². The molecule has 0 aliphatic rings. The average molecular weight is 299 g/mol. The first-order valence-corrected chi connectivity index (χ1v) is 5.69. The summed E-state index contributed by atoms with van der Waals surface area (Å²) in [6.45, 7) is 0. The van der Waals surface area contributed by atoms with Crippen molar-refractivity contribution in [3.8, 4) is 16.9 Å². The van der Waals surface area contributed by atoms with Crippen LogP contribution in [0.5, 0.6) is 5.75 Å². The fourth-order valence-corrected chi connectivity index (χ4v) is 1.83. The van der Waals surface area contributed by atoms with Gasteiger partial charge in [0, 0.05) is 0 Å². The Morgan fingerprint density at radius 1 is 1.05 bits per heavy atom. The third-order valence-corrected chi connectivity index (χ3v) is 2.82. The van der Waals surface area contributed by atoms with Crippen LogP contribution in [0.25, 0.3) is 11.1 Å². The first-order valence-electron chi connectivity index (χ1n) is 5.69. The van der Waals surface area contributed by atoms with Gasteiger partial charge in [0.2, 0.25) is 0 Å². The van der Waals surface area contributed by atoms with Crippen LogP contribution in [0.3, 0.4) is 0 Å². The molecule has 0 saturated heterocycles. The van der Waals surface area contributed by atoms with Gasteiger partial charge in [-0.3, -0.25) is 4.79 Å². The van der Waals surface area contributed by atoms with Crippen LogP contribution < -0.4 is 5.73 Å². The van der Waals surface area contributed by atoms with Crippen molar-refractivity contribution in [2.45, 2.75) is 6.18 Å². The lowest BCUT2D eigenvalue weighted by atomic mass is 10.00. The Labute approximate surface area is 116 Å². The van der Waals surface area contributed by atoms with Gasteiger partial charge in [0.25, 0.3) is 5.91 Å². The van der Waals surface area contributed by atoms with Crippen LogP contribution in [0.4, 0.5) is 17.6 Å². The van der Waals surface area contributed by atoms with Gasteiger partial charge in [0.05, 0.1) is 11.1 Å². The number of nitrogens with two attached hydrogens (primary N) is 1. The summed E-state index contributed by atoms with van der Waals surface area (Å²) in [5.74, 6) is -2.41. The summed E-state index contributed by atoms with van der Waals surface area (Å²) in [5.41, 5.74) is 3.68. The Kier molecular flexibility index (Phi) is 3.59. The molecule has 0 fully saturated rings. The van der Waals surface area contributed by atoms with E-state index in [0.717, 1.165) is 24.3 Å². The molecule has 0 aliphatic carbocycles. The Morgan fingerprint density at radius 2 is 1.71 bits per heavy atom. The minimum Gasteiger partial charge on any atom is -0.507 e. The summed E-state index contributed by atoms with van der Waals surface area (Å²) >= 11 is 0. The molecule has 0 radical (unpaired) electrons. The molecule has 0 atom stereocenters. The molecule has 0 spiro atoms. The van der Waals surface area contributed by atoms with Gasteiger partial charge in [-0.25, -0.2) is 4.39 Å². The predicted molar refractivity (Wildman–Crippen MR) is 67.0 cm³/mol. The molecule has 3 nitrogen and oxygen atoms in total. The standard InChI is InChI=1S/C14H9F4NO2/c15-10-4-8(3-9(6-10)14(16,17)18)7-1-2-12(20)11(5-7)13(19)21/h1-6,20H,(H2,19,21). The molecule has 0 saturated carbocycles. The number of phenols is 1. The van der Waals surface area contributed by atoms with E-state index in [9.17, 15) is 27.5 Å². The van der Waals surface area contributed by atoms with Gasteiger partial charge in [0.15, 0.2) is 0 Å². The summed E-state index contributed by atoms with van der Waals surface area (Å²) in [6, 6.07) is 5.49. The predicted octanol–water partition coefficient (Wildman–Crippen LogP) is 3.32.